The van der Waals surface area contributed by atoms with E-state index in [1.165, 1.54) is 0 Å². The van der Waals surface area contributed by atoms with E-state index in [-0.39, 0.29) is 0 Å². The average Bonchev–Trinajstić information content (AvgIpc) is 2.24. The normalized spacial score (nSPS) is 42.9. The van der Waals surface area contributed by atoms with Crippen molar-refractivity contribution in [1.29, 1.82) is 0 Å². The van der Waals surface area contributed by atoms with Crippen molar-refractivity contribution in [3.63, 3.8) is 0 Å². The summed E-state index contributed by atoms with van der Waals surface area (Å²) in [6, 6.07) is 0. The first-order valence-electron chi connectivity index (χ1n) is 4.95. The Labute approximate surface area is 100 Å². The number of alkyl halides is 10. The molecule has 1 aliphatic rings. The van der Waals surface area contributed by atoms with Crippen LogP contribution >= 0.6 is 0 Å². The first-order valence-corrected chi connectivity index (χ1v) is 4.95. The van der Waals surface area contributed by atoms with Gasteiger partial charge in [-0.1, -0.05) is 6.92 Å². The lowest BCUT2D eigenvalue weighted by Gasteiger charge is -2.54. The third kappa shape index (κ3) is 1.28. The van der Waals surface area contributed by atoms with E-state index in [2.05, 4.69) is 0 Å². The van der Waals surface area contributed by atoms with Gasteiger partial charge in [0.25, 0.3) is 0 Å². The summed E-state index contributed by atoms with van der Waals surface area (Å²) in [7, 11) is 0. The van der Waals surface area contributed by atoms with E-state index in [9.17, 15) is 43.9 Å². The van der Waals surface area contributed by atoms with Crippen LogP contribution in [0.1, 0.15) is 20.3 Å². The van der Waals surface area contributed by atoms with Crippen molar-refractivity contribution in [1.82, 2.24) is 0 Å². The number of rotatable bonds is 1. The lowest BCUT2D eigenvalue weighted by atomic mass is 9.66. The number of halogens is 10. The van der Waals surface area contributed by atoms with Crippen LogP contribution in [0.5, 0.6) is 0 Å². The van der Waals surface area contributed by atoms with Crippen LogP contribution in [-0.2, 0) is 0 Å². The highest BCUT2D eigenvalue weighted by atomic mass is 19.4. The zero-order valence-corrected chi connectivity index (χ0v) is 9.49. The molecule has 0 spiro atoms. The van der Waals surface area contributed by atoms with Crippen LogP contribution < -0.4 is 0 Å². The van der Waals surface area contributed by atoms with E-state index in [0.717, 1.165) is 0 Å². The highest BCUT2D eigenvalue weighted by molar-refractivity contribution is 5.27. The Bertz CT molecular complexity index is 352. The molecule has 0 radical (unpaired) electrons. The molecule has 19 heavy (non-hydrogen) atoms. The summed E-state index contributed by atoms with van der Waals surface area (Å²) in [6.07, 6.45) is -1.97. The average molecular weight is 306 g/mol. The van der Waals surface area contributed by atoms with Crippen molar-refractivity contribution >= 4 is 0 Å². The van der Waals surface area contributed by atoms with Crippen molar-refractivity contribution in [3.05, 3.63) is 0 Å². The Balaban J connectivity index is 3.76. The predicted molar refractivity (Wildman–Crippen MR) is 43.4 cm³/mol. The van der Waals surface area contributed by atoms with Gasteiger partial charge in [0, 0.05) is 0 Å². The molecule has 2 atom stereocenters. The molecule has 1 saturated carbocycles. The summed E-state index contributed by atoms with van der Waals surface area (Å²) in [5.41, 5.74) is -10.9. The molecule has 0 aromatic heterocycles. The molecule has 0 nitrogen and oxygen atoms in total. The Kier molecular flexibility index (Phi) is 3.00. The van der Waals surface area contributed by atoms with Crippen LogP contribution in [0.2, 0.25) is 0 Å². The Morgan fingerprint density at radius 3 is 1.26 bits per heavy atom. The van der Waals surface area contributed by atoms with Gasteiger partial charge in [-0.3, -0.25) is 0 Å². The minimum Gasteiger partial charge on any atom is -0.230 e. The fourth-order valence-corrected chi connectivity index (χ4v) is 1.95. The van der Waals surface area contributed by atoms with Gasteiger partial charge in [-0.15, -0.1) is 0 Å². The summed E-state index contributed by atoms with van der Waals surface area (Å²) in [6.45, 7) is -0.419. The lowest BCUT2D eigenvalue weighted by molar-refractivity contribution is -0.458. The van der Waals surface area contributed by atoms with Gasteiger partial charge < -0.3 is 0 Å². The van der Waals surface area contributed by atoms with Gasteiger partial charge in [-0.05, 0) is 13.3 Å². The van der Waals surface area contributed by atoms with Crippen LogP contribution in [0.3, 0.4) is 0 Å². The quantitative estimate of drug-likeness (QED) is 0.630. The largest absolute Gasteiger partial charge is 0.379 e. The first kappa shape index (κ1) is 16.4. The van der Waals surface area contributed by atoms with Crippen LogP contribution in [0.25, 0.3) is 0 Å². The summed E-state index contributed by atoms with van der Waals surface area (Å²) in [5.74, 6) is -25.5. The van der Waals surface area contributed by atoms with Crippen LogP contribution in [-0.4, -0.2) is 35.0 Å². The monoisotopic (exact) mass is 306 g/mol. The van der Waals surface area contributed by atoms with Crippen LogP contribution in [0.4, 0.5) is 43.9 Å². The second-order valence-corrected chi connectivity index (χ2v) is 4.46. The highest BCUT2D eigenvalue weighted by Crippen LogP contribution is 2.69. The lowest BCUT2D eigenvalue weighted by Crippen LogP contribution is -2.83. The van der Waals surface area contributed by atoms with Crippen molar-refractivity contribution < 1.29 is 43.9 Å². The van der Waals surface area contributed by atoms with E-state index >= 15 is 0 Å². The fraction of sp³-hybridized carbons (Fsp3) is 1.00. The summed E-state index contributed by atoms with van der Waals surface area (Å²) in [4.78, 5) is 0. The van der Waals surface area contributed by atoms with Gasteiger partial charge in [0.2, 0.25) is 11.3 Å². The van der Waals surface area contributed by atoms with Gasteiger partial charge in [-0.25, -0.2) is 8.78 Å². The molecule has 0 amide bonds. The SMILES string of the molecule is CCC1(F)C(F)(F)C(C)(F)C(F)(F)C(F)(F)C1(F)F. The molecule has 0 aliphatic heterocycles. The van der Waals surface area contributed by atoms with E-state index in [0.29, 0.717) is 6.92 Å². The van der Waals surface area contributed by atoms with Crippen molar-refractivity contribution in [2.45, 2.75) is 55.3 Å². The zero-order valence-electron chi connectivity index (χ0n) is 9.49. The van der Waals surface area contributed by atoms with E-state index < -0.39 is 48.4 Å². The maximum absolute atomic E-state index is 13.6. The molecule has 0 saturated heterocycles. The summed E-state index contributed by atoms with van der Waals surface area (Å²) in [5, 5.41) is 0. The number of hydrogen-bond donors (Lipinski definition) is 0. The van der Waals surface area contributed by atoms with Gasteiger partial charge in [0.15, 0.2) is 0 Å². The smallest absolute Gasteiger partial charge is 0.230 e. The van der Waals surface area contributed by atoms with Gasteiger partial charge in [0.1, 0.15) is 0 Å². The second-order valence-electron chi connectivity index (χ2n) is 4.46. The maximum Gasteiger partial charge on any atom is 0.379 e. The van der Waals surface area contributed by atoms with Crippen molar-refractivity contribution in [2.75, 3.05) is 0 Å². The molecule has 114 valence electrons. The minimum atomic E-state index is -6.60. The van der Waals surface area contributed by atoms with Crippen molar-refractivity contribution in [3.8, 4) is 0 Å². The molecule has 1 aliphatic carbocycles. The minimum absolute atomic E-state index is 0.303. The first-order chi connectivity index (χ1) is 8.06. The molecule has 0 heterocycles. The van der Waals surface area contributed by atoms with E-state index in [1.807, 2.05) is 0 Å². The molecule has 0 aromatic rings. The third-order valence-electron chi connectivity index (χ3n) is 3.45. The third-order valence-corrected chi connectivity index (χ3v) is 3.45. The fourth-order valence-electron chi connectivity index (χ4n) is 1.95. The Morgan fingerprint density at radius 1 is 0.579 bits per heavy atom. The highest BCUT2D eigenvalue weighted by Gasteiger charge is 2.97. The van der Waals surface area contributed by atoms with Crippen molar-refractivity contribution in [2.24, 2.45) is 0 Å². The Morgan fingerprint density at radius 2 is 0.947 bits per heavy atom. The van der Waals surface area contributed by atoms with Gasteiger partial charge in [0.05, 0.1) is 0 Å². The predicted octanol–water partition coefficient (Wildman–Crippen LogP) is 4.39. The maximum atomic E-state index is 13.6. The molecule has 1 rings (SSSR count). The topological polar surface area (TPSA) is 0 Å². The molecule has 0 N–H and O–H groups in total. The molecule has 2 unspecified atom stereocenters. The summed E-state index contributed by atoms with van der Waals surface area (Å²) < 4.78 is 132. The van der Waals surface area contributed by atoms with E-state index in [1.54, 1.807) is 0 Å². The Hall–Kier alpha value is -0.700. The van der Waals surface area contributed by atoms with E-state index in [4.69, 9.17) is 0 Å². The molecule has 0 bridgehead atoms. The molecular weight excluding hydrogens is 298 g/mol. The molecule has 1 fully saturated rings. The number of hydrogen-bond acceptors (Lipinski definition) is 0. The van der Waals surface area contributed by atoms with Crippen LogP contribution in [0, 0.1) is 0 Å². The van der Waals surface area contributed by atoms with Gasteiger partial charge >= 0.3 is 23.7 Å². The molecule has 0 aromatic carbocycles. The van der Waals surface area contributed by atoms with Gasteiger partial charge in [-0.2, -0.15) is 35.1 Å². The van der Waals surface area contributed by atoms with Crippen LogP contribution in [0.15, 0.2) is 0 Å². The second kappa shape index (κ2) is 3.49. The zero-order chi connectivity index (χ0) is 15.7. The molecule has 10 heteroatoms. The molecular formula is C9H8F10. The standard InChI is InChI=1S/C9H8F10/c1-3-5(11)6(12,13)4(2,10)7(14,15)9(18,19)8(5,16)17/h3H2,1-2H3. The summed E-state index contributed by atoms with van der Waals surface area (Å²) >= 11 is 0.